The molecule has 2 saturated heterocycles. The van der Waals surface area contributed by atoms with Crippen molar-refractivity contribution in [2.45, 2.75) is 86.9 Å². The number of carbonyl (C=O) groups is 3. The highest BCUT2D eigenvalue weighted by molar-refractivity contribution is 8.01. The summed E-state index contributed by atoms with van der Waals surface area (Å²) in [5.41, 5.74) is 1.30. The molecule has 39 heavy (non-hydrogen) atoms. The molecule has 2 aromatic carbocycles. The number of benzene rings is 2. The van der Waals surface area contributed by atoms with Crippen molar-refractivity contribution < 1.29 is 24.2 Å². The number of nitrogens with zero attached hydrogens (tertiary/aromatic N) is 1. The van der Waals surface area contributed by atoms with Crippen molar-refractivity contribution in [1.82, 2.24) is 10.2 Å². The fourth-order valence-electron chi connectivity index (χ4n) is 6.64. The summed E-state index contributed by atoms with van der Waals surface area (Å²) in [4.78, 5) is 40.7. The first-order valence-electron chi connectivity index (χ1n) is 14.0. The molecule has 208 valence electrons. The van der Waals surface area contributed by atoms with Crippen LogP contribution in [0.4, 0.5) is 0 Å². The summed E-state index contributed by atoms with van der Waals surface area (Å²) >= 11 is 1.41. The van der Waals surface area contributed by atoms with E-state index in [1.807, 2.05) is 42.5 Å². The Morgan fingerprint density at radius 2 is 1.85 bits per heavy atom. The van der Waals surface area contributed by atoms with Crippen LogP contribution in [-0.4, -0.2) is 51.5 Å². The number of hydrogen-bond donors (Lipinski definition) is 1. The smallest absolute Gasteiger partial charge is 0.249 e. The summed E-state index contributed by atoms with van der Waals surface area (Å²) < 4.78 is 5.17. The second-order valence-corrected chi connectivity index (χ2v) is 13.3. The molecule has 2 aliphatic heterocycles. The molecular formula is C31H37N2O5S-. The lowest BCUT2D eigenvalue weighted by atomic mass is 9.69. The van der Waals surface area contributed by atoms with Gasteiger partial charge in [0.05, 0.1) is 24.0 Å². The molecular weight excluding hydrogens is 512 g/mol. The number of nitrogens with one attached hydrogen (secondary N) is 1. The van der Waals surface area contributed by atoms with Gasteiger partial charge in [0.15, 0.2) is 0 Å². The lowest BCUT2D eigenvalue weighted by Crippen LogP contribution is -2.72. The highest BCUT2D eigenvalue weighted by Gasteiger charge is 2.63. The number of unbranched alkanes of at least 4 members (excludes halogenated alkanes) is 1. The third-order valence-corrected chi connectivity index (χ3v) is 10.2. The molecule has 1 saturated carbocycles. The summed E-state index contributed by atoms with van der Waals surface area (Å²) in [7, 11) is 0. The van der Waals surface area contributed by atoms with Crippen molar-refractivity contribution in [2.75, 3.05) is 6.61 Å². The van der Waals surface area contributed by atoms with Crippen molar-refractivity contribution in [3.63, 3.8) is 0 Å². The molecule has 5 rings (SSSR count). The highest BCUT2D eigenvalue weighted by Crippen LogP contribution is 2.52. The van der Waals surface area contributed by atoms with Crippen LogP contribution in [0.5, 0.6) is 5.75 Å². The van der Waals surface area contributed by atoms with E-state index in [-0.39, 0.29) is 17.7 Å². The summed E-state index contributed by atoms with van der Waals surface area (Å²) in [6.07, 6.45) is 5.28. The van der Waals surface area contributed by atoms with Gasteiger partial charge >= 0.3 is 0 Å². The Morgan fingerprint density at radius 3 is 2.51 bits per heavy atom. The van der Waals surface area contributed by atoms with Crippen LogP contribution in [0, 0.1) is 5.92 Å². The second kappa shape index (κ2) is 10.9. The Balaban J connectivity index is 1.43. The average molecular weight is 550 g/mol. The first kappa shape index (κ1) is 27.6. The zero-order valence-electron chi connectivity index (χ0n) is 22.9. The maximum atomic E-state index is 14.3. The molecule has 2 aromatic rings. The van der Waals surface area contributed by atoms with Gasteiger partial charge in [-0.05, 0) is 68.7 Å². The van der Waals surface area contributed by atoms with E-state index in [9.17, 15) is 19.5 Å². The number of carbonyl (C=O) groups excluding carboxylic acids is 3. The van der Waals surface area contributed by atoms with Crippen LogP contribution in [0.1, 0.15) is 64.0 Å². The summed E-state index contributed by atoms with van der Waals surface area (Å²) in [6.45, 7) is 6.39. The number of thioether (sulfide) groups is 1. The van der Waals surface area contributed by atoms with Crippen LogP contribution in [0.15, 0.2) is 54.6 Å². The summed E-state index contributed by atoms with van der Waals surface area (Å²) in [5, 5.41) is 14.5. The monoisotopic (exact) mass is 549 g/mol. The van der Waals surface area contributed by atoms with Gasteiger partial charge in [0, 0.05) is 4.75 Å². The molecule has 5 atom stereocenters. The Kier molecular flexibility index (Phi) is 7.68. The predicted molar refractivity (Wildman–Crippen MR) is 149 cm³/mol. The molecule has 5 unspecified atom stereocenters. The van der Waals surface area contributed by atoms with E-state index >= 15 is 0 Å². The Bertz CT molecular complexity index is 1220. The highest BCUT2D eigenvalue weighted by atomic mass is 32.2. The van der Waals surface area contributed by atoms with Gasteiger partial charge < -0.3 is 24.9 Å². The van der Waals surface area contributed by atoms with E-state index in [2.05, 4.69) is 24.4 Å². The predicted octanol–water partition coefficient (Wildman–Crippen LogP) is 3.44. The van der Waals surface area contributed by atoms with Gasteiger partial charge in [0.2, 0.25) is 11.8 Å². The van der Waals surface area contributed by atoms with Crippen molar-refractivity contribution >= 4 is 29.5 Å². The fraction of sp³-hybridized carbons (Fsp3) is 0.516. The number of hydrogen-bond acceptors (Lipinski definition) is 6. The van der Waals surface area contributed by atoms with Gasteiger partial charge in [-0.1, -0.05) is 62.2 Å². The molecule has 2 heterocycles. The maximum absolute atomic E-state index is 14.3. The zero-order chi connectivity index (χ0) is 27.8. The Hall–Kier alpha value is -3.00. The summed E-state index contributed by atoms with van der Waals surface area (Å²) in [5.74, 6) is -0.934. The van der Waals surface area contributed by atoms with Gasteiger partial charge in [0.25, 0.3) is 0 Å². The van der Waals surface area contributed by atoms with Crippen LogP contribution < -0.4 is 15.2 Å². The van der Waals surface area contributed by atoms with E-state index in [0.717, 1.165) is 43.4 Å². The number of rotatable bonds is 10. The van der Waals surface area contributed by atoms with E-state index in [4.69, 9.17) is 4.74 Å². The number of carboxylic acids is 1. The molecule has 7 nitrogen and oxygen atoms in total. The van der Waals surface area contributed by atoms with Crippen molar-refractivity contribution in [3.8, 4) is 5.75 Å². The standard InChI is InChI=1S/C31H38N2O5S/c1-4-5-18-38-23-15-13-21(14-16-23)31(17-9-12-22(31)19-20-10-7-6-8-11-20)29(37)32-24-26(34)33-25(28(35)36)30(2,3)39-27(24)33/h6-8,10-11,13-16,22,24-25,27H,4-5,9,12,17-19H2,1-3H3,(H,32,37)(H,35,36)/p-1. The number of carboxylic acid groups (broad SMARTS) is 1. The molecule has 2 amide bonds. The largest absolute Gasteiger partial charge is 0.548 e. The number of ether oxygens (including phenoxy) is 1. The third-order valence-electron chi connectivity index (χ3n) is 8.64. The van der Waals surface area contributed by atoms with E-state index in [0.29, 0.717) is 13.0 Å². The van der Waals surface area contributed by atoms with E-state index in [1.165, 1.54) is 22.2 Å². The number of aliphatic carboxylic acids is 1. The lowest BCUT2D eigenvalue weighted by Gasteiger charge is -2.46. The van der Waals surface area contributed by atoms with Gasteiger partial charge in [-0.3, -0.25) is 9.59 Å². The normalized spacial score (nSPS) is 29.0. The van der Waals surface area contributed by atoms with Crippen LogP contribution >= 0.6 is 11.8 Å². The number of fused-ring (bicyclic) bond motifs is 1. The van der Waals surface area contributed by atoms with Crippen molar-refractivity contribution in [1.29, 1.82) is 0 Å². The molecule has 1 N–H and O–H groups in total. The Morgan fingerprint density at radius 1 is 1.13 bits per heavy atom. The van der Waals surface area contributed by atoms with Crippen LogP contribution in [0.2, 0.25) is 0 Å². The molecule has 0 spiro atoms. The van der Waals surface area contributed by atoms with Gasteiger partial charge in [-0.15, -0.1) is 11.8 Å². The minimum absolute atomic E-state index is 0.0571. The zero-order valence-corrected chi connectivity index (χ0v) is 23.7. The fourth-order valence-corrected chi connectivity index (χ4v) is 8.26. The van der Waals surface area contributed by atoms with Crippen LogP contribution in [0.25, 0.3) is 0 Å². The lowest BCUT2D eigenvalue weighted by molar-refractivity contribution is -0.312. The van der Waals surface area contributed by atoms with Crippen LogP contribution in [0.3, 0.4) is 0 Å². The molecule has 8 heteroatoms. The minimum atomic E-state index is -1.26. The second-order valence-electron chi connectivity index (χ2n) is 11.5. The van der Waals surface area contributed by atoms with Crippen LogP contribution in [-0.2, 0) is 26.2 Å². The average Bonchev–Trinajstić information content (AvgIpc) is 3.45. The van der Waals surface area contributed by atoms with Crippen molar-refractivity contribution in [3.05, 3.63) is 65.7 Å². The maximum Gasteiger partial charge on any atom is 0.249 e. The molecule has 1 aliphatic carbocycles. The number of amides is 2. The van der Waals surface area contributed by atoms with Crippen molar-refractivity contribution in [2.24, 2.45) is 5.92 Å². The van der Waals surface area contributed by atoms with E-state index in [1.54, 1.807) is 13.8 Å². The summed E-state index contributed by atoms with van der Waals surface area (Å²) in [6, 6.07) is 16.3. The Labute approximate surface area is 234 Å². The SMILES string of the molecule is CCCCOc1ccc(C2(C(=O)NC3C(=O)N4C3SC(C)(C)C4C(=O)[O-])CCCC2Cc2ccccc2)cc1. The third kappa shape index (κ3) is 4.92. The molecule has 3 aliphatic rings. The van der Waals surface area contributed by atoms with Gasteiger partial charge in [-0.25, -0.2) is 0 Å². The molecule has 0 radical (unpaired) electrons. The molecule has 3 fully saturated rings. The van der Waals surface area contributed by atoms with Gasteiger partial charge in [0.1, 0.15) is 17.2 Å². The van der Waals surface area contributed by atoms with Gasteiger partial charge in [-0.2, -0.15) is 0 Å². The quantitative estimate of drug-likeness (QED) is 0.360. The molecule has 0 bridgehead atoms. The minimum Gasteiger partial charge on any atom is -0.548 e. The number of β-lactam (4-membered cyclic amide) rings is 1. The first-order chi connectivity index (χ1) is 18.7. The topological polar surface area (TPSA) is 98.8 Å². The molecule has 0 aromatic heterocycles. The van der Waals surface area contributed by atoms with E-state index < -0.39 is 33.6 Å². The first-order valence-corrected chi connectivity index (χ1v) is 14.9.